The van der Waals surface area contributed by atoms with E-state index in [4.69, 9.17) is 5.73 Å². The standard InChI is InChI=1S/C20H17F6N3O/c1-18(10-16(30)29(2)17(27)28-18)13-5-3-4-11(6-13)12-7-14(19(21,22)23)9-15(8-12)20(24,25)26/h3-9H,10H2,1-2H3,(H2,27,28). The van der Waals surface area contributed by atoms with Gasteiger partial charge in [0.1, 0.15) is 0 Å². The van der Waals surface area contributed by atoms with Crippen molar-refractivity contribution in [3.05, 3.63) is 59.2 Å². The maximum Gasteiger partial charge on any atom is 0.416 e. The van der Waals surface area contributed by atoms with Crippen molar-refractivity contribution in [3.8, 4) is 11.1 Å². The van der Waals surface area contributed by atoms with Crippen LogP contribution < -0.4 is 5.73 Å². The average molecular weight is 429 g/mol. The molecule has 1 amide bonds. The molecule has 0 saturated heterocycles. The first-order chi connectivity index (χ1) is 13.7. The lowest BCUT2D eigenvalue weighted by Crippen LogP contribution is -2.47. The van der Waals surface area contributed by atoms with Crippen molar-refractivity contribution in [1.82, 2.24) is 4.90 Å². The van der Waals surface area contributed by atoms with Crippen molar-refractivity contribution in [2.75, 3.05) is 7.05 Å². The zero-order chi connectivity index (χ0) is 22.5. The highest BCUT2D eigenvalue weighted by molar-refractivity contribution is 5.98. The zero-order valence-electron chi connectivity index (χ0n) is 15.9. The van der Waals surface area contributed by atoms with E-state index in [-0.39, 0.29) is 35.5 Å². The van der Waals surface area contributed by atoms with Crippen LogP contribution in [0.25, 0.3) is 11.1 Å². The van der Waals surface area contributed by atoms with Crippen molar-refractivity contribution in [2.24, 2.45) is 10.7 Å². The predicted molar refractivity (Wildman–Crippen MR) is 98.2 cm³/mol. The highest BCUT2D eigenvalue weighted by Crippen LogP contribution is 2.40. The second-order valence-electron chi connectivity index (χ2n) is 7.25. The molecule has 0 radical (unpaired) electrons. The van der Waals surface area contributed by atoms with Crippen molar-refractivity contribution in [1.29, 1.82) is 0 Å². The van der Waals surface area contributed by atoms with E-state index < -0.39 is 29.0 Å². The van der Waals surface area contributed by atoms with Gasteiger partial charge in [-0.3, -0.25) is 9.69 Å². The summed E-state index contributed by atoms with van der Waals surface area (Å²) in [6.07, 6.45) is -9.94. The minimum atomic E-state index is -4.95. The van der Waals surface area contributed by atoms with Crippen LogP contribution >= 0.6 is 0 Å². The number of aliphatic imine (C=N–C) groups is 1. The summed E-state index contributed by atoms with van der Waals surface area (Å²) in [5, 5.41) is 0. The number of rotatable bonds is 2. The van der Waals surface area contributed by atoms with E-state index >= 15 is 0 Å². The van der Waals surface area contributed by atoms with Crippen LogP contribution in [0, 0.1) is 0 Å². The molecule has 3 rings (SSSR count). The molecule has 0 spiro atoms. The summed E-state index contributed by atoms with van der Waals surface area (Å²) in [6, 6.07) is 7.30. The van der Waals surface area contributed by atoms with Gasteiger partial charge in [-0.05, 0) is 47.9 Å². The van der Waals surface area contributed by atoms with Crippen LogP contribution in [0.3, 0.4) is 0 Å². The lowest BCUT2D eigenvalue weighted by atomic mass is 9.85. The molecule has 2 aromatic carbocycles. The van der Waals surface area contributed by atoms with Crippen molar-refractivity contribution in [3.63, 3.8) is 0 Å². The fourth-order valence-corrected chi connectivity index (χ4v) is 3.23. The van der Waals surface area contributed by atoms with Crippen molar-refractivity contribution >= 4 is 11.9 Å². The van der Waals surface area contributed by atoms with Crippen LogP contribution in [-0.4, -0.2) is 23.8 Å². The smallest absolute Gasteiger partial charge is 0.369 e. The van der Waals surface area contributed by atoms with E-state index in [2.05, 4.69) is 4.99 Å². The minimum absolute atomic E-state index is 0.0300. The predicted octanol–water partition coefficient (Wildman–Crippen LogP) is 4.78. The Hall–Kier alpha value is -3.04. The summed E-state index contributed by atoms with van der Waals surface area (Å²) in [5.74, 6) is -0.341. The molecule has 0 fully saturated rings. The molecule has 1 unspecified atom stereocenters. The molecule has 2 aromatic rings. The summed E-state index contributed by atoms with van der Waals surface area (Å²) in [5.41, 5.74) is 2.19. The Kier molecular flexibility index (Phi) is 5.08. The Morgan fingerprint density at radius 3 is 2.03 bits per heavy atom. The molecule has 0 bridgehead atoms. The normalized spacial score (nSPS) is 20.3. The topological polar surface area (TPSA) is 58.7 Å². The molecule has 0 saturated carbocycles. The third kappa shape index (κ3) is 4.12. The van der Waals surface area contributed by atoms with Crippen LogP contribution in [0.15, 0.2) is 47.5 Å². The molecule has 160 valence electrons. The number of guanidine groups is 1. The van der Waals surface area contributed by atoms with Gasteiger partial charge in [-0.2, -0.15) is 26.3 Å². The SMILES string of the molecule is CN1C(=O)CC(C)(c2cccc(-c3cc(C(F)(F)F)cc(C(F)(F)F)c3)c2)N=C1N. The van der Waals surface area contributed by atoms with Crippen LogP contribution in [0.5, 0.6) is 0 Å². The number of carbonyl (C=O) groups excluding carboxylic acids is 1. The maximum atomic E-state index is 13.2. The van der Waals surface area contributed by atoms with Gasteiger partial charge in [-0.25, -0.2) is 4.99 Å². The van der Waals surface area contributed by atoms with Crippen molar-refractivity contribution < 1.29 is 31.1 Å². The van der Waals surface area contributed by atoms with Crippen LogP contribution in [0.1, 0.15) is 30.0 Å². The summed E-state index contributed by atoms with van der Waals surface area (Å²) in [6.45, 7) is 1.62. The third-order valence-corrected chi connectivity index (χ3v) is 4.98. The van der Waals surface area contributed by atoms with Gasteiger partial charge in [-0.15, -0.1) is 0 Å². The zero-order valence-corrected chi connectivity index (χ0v) is 15.9. The Bertz CT molecular complexity index is 996. The number of nitrogens with two attached hydrogens (primary N) is 1. The quantitative estimate of drug-likeness (QED) is 0.699. The molecule has 1 aliphatic heterocycles. The number of hydrogen-bond acceptors (Lipinski definition) is 3. The van der Waals surface area contributed by atoms with Gasteiger partial charge in [0.05, 0.1) is 23.1 Å². The average Bonchev–Trinajstić information content (AvgIpc) is 2.64. The molecule has 2 N–H and O–H groups in total. The first-order valence-electron chi connectivity index (χ1n) is 8.73. The Labute approximate surface area is 168 Å². The Balaban J connectivity index is 2.14. The Morgan fingerprint density at radius 1 is 0.967 bits per heavy atom. The minimum Gasteiger partial charge on any atom is -0.369 e. The fourth-order valence-electron chi connectivity index (χ4n) is 3.23. The molecule has 4 nitrogen and oxygen atoms in total. The highest BCUT2D eigenvalue weighted by atomic mass is 19.4. The molecular weight excluding hydrogens is 412 g/mol. The third-order valence-electron chi connectivity index (χ3n) is 4.98. The van der Waals surface area contributed by atoms with Crippen LogP contribution in [0.4, 0.5) is 26.3 Å². The number of nitrogens with zero attached hydrogens (tertiary/aromatic N) is 2. The summed E-state index contributed by atoms with van der Waals surface area (Å²) >= 11 is 0. The lowest BCUT2D eigenvalue weighted by Gasteiger charge is -2.33. The number of hydrogen-bond donors (Lipinski definition) is 1. The van der Waals surface area contributed by atoms with Gasteiger partial charge in [0.25, 0.3) is 0 Å². The molecule has 0 aliphatic carbocycles. The van der Waals surface area contributed by atoms with Gasteiger partial charge in [0, 0.05) is 7.05 Å². The monoisotopic (exact) mass is 429 g/mol. The van der Waals surface area contributed by atoms with Crippen molar-refractivity contribution in [2.45, 2.75) is 31.2 Å². The summed E-state index contributed by atoms with van der Waals surface area (Å²) in [7, 11) is 1.46. The second kappa shape index (κ2) is 7.03. The van der Waals surface area contributed by atoms with Crippen LogP contribution in [-0.2, 0) is 22.7 Å². The highest BCUT2D eigenvalue weighted by Gasteiger charge is 2.38. The largest absolute Gasteiger partial charge is 0.416 e. The number of carbonyl (C=O) groups is 1. The number of halogens is 6. The van der Waals surface area contributed by atoms with Crippen LogP contribution in [0.2, 0.25) is 0 Å². The number of benzene rings is 2. The van der Waals surface area contributed by atoms with Gasteiger partial charge in [0.15, 0.2) is 5.96 Å². The van der Waals surface area contributed by atoms with E-state index in [1.807, 2.05) is 0 Å². The molecule has 1 aliphatic rings. The summed E-state index contributed by atoms with van der Waals surface area (Å²) < 4.78 is 79.0. The van der Waals surface area contributed by atoms with Gasteiger partial charge < -0.3 is 5.73 Å². The maximum absolute atomic E-state index is 13.2. The van der Waals surface area contributed by atoms with E-state index in [0.717, 1.165) is 0 Å². The van der Waals surface area contributed by atoms with Gasteiger partial charge in [-0.1, -0.05) is 18.2 Å². The molecule has 10 heteroatoms. The molecule has 0 aromatic heterocycles. The van der Waals surface area contributed by atoms with Gasteiger partial charge >= 0.3 is 12.4 Å². The number of amides is 1. The van der Waals surface area contributed by atoms with E-state index in [0.29, 0.717) is 17.7 Å². The lowest BCUT2D eigenvalue weighted by molar-refractivity contribution is -0.143. The summed E-state index contributed by atoms with van der Waals surface area (Å²) in [4.78, 5) is 17.7. The van der Waals surface area contributed by atoms with E-state index in [9.17, 15) is 31.1 Å². The first kappa shape index (κ1) is 21.7. The number of alkyl halides is 6. The molecular formula is C20H17F6N3O. The van der Waals surface area contributed by atoms with E-state index in [1.165, 1.54) is 30.1 Å². The fraction of sp³-hybridized carbons (Fsp3) is 0.300. The molecule has 1 heterocycles. The molecule has 30 heavy (non-hydrogen) atoms. The second-order valence-corrected chi connectivity index (χ2v) is 7.25. The van der Waals surface area contributed by atoms with Gasteiger partial charge in [0.2, 0.25) is 5.91 Å². The Morgan fingerprint density at radius 2 is 1.53 bits per heavy atom. The van der Waals surface area contributed by atoms with E-state index in [1.54, 1.807) is 13.0 Å². The molecule has 1 atom stereocenters. The first-order valence-corrected chi connectivity index (χ1v) is 8.73.